The van der Waals surface area contributed by atoms with E-state index in [9.17, 15) is 23.1 Å². The number of aliphatic carboxylic acids is 1. The quantitative estimate of drug-likeness (QED) is 0.725. The lowest BCUT2D eigenvalue weighted by Crippen LogP contribution is -2.54. The third-order valence-corrected chi connectivity index (χ3v) is 5.85. The van der Waals surface area contributed by atoms with E-state index in [-0.39, 0.29) is 17.5 Å². The van der Waals surface area contributed by atoms with Crippen molar-refractivity contribution in [1.29, 1.82) is 0 Å². The molecule has 2 aliphatic rings. The molecule has 2 rings (SSSR count). The number of carboxylic acid groups (broad SMARTS) is 1. The molecular formula is C11H17NO5S. The van der Waals surface area contributed by atoms with Crippen molar-refractivity contribution in [1.82, 2.24) is 4.90 Å². The molecule has 0 bridgehead atoms. The van der Waals surface area contributed by atoms with Crippen LogP contribution in [0.4, 0.5) is 0 Å². The summed E-state index contributed by atoms with van der Waals surface area (Å²) in [6, 6.07) is -0.376. The number of amides is 1. The van der Waals surface area contributed by atoms with Crippen molar-refractivity contribution in [3.63, 3.8) is 0 Å². The Kier molecular flexibility index (Phi) is 3.12. The van der Waals surface area contributed by atoms with Gasteiger partial charge in [-0.15, -0.1) is 0 Å². The van der Waals surface area contributed by atoms with E-state index in [2.05, 4.69) is 0 Å². The van der Waals surface area contributed by atoms with E-state index in [1.165, 1.54) is 11.9 Å². The van der Waals surface area contributed by atoms with Gasteiger partial charge in [-0.2, -0.15) is 0 Å². The van der Waals surface area contributed by atoms with Gasteiger partial charge in [0, 0.05) is 13.1 Å². The van der Waals surface area contributed by atoms with E-state index in [0.29, 0.717) is 19.3 Å². The van der Waals surface area contributed by atoms with E-state index in [0.717, 1.165) is 6.42 Å². The Hall–Kier alpha value is -1.11. The molecule has 1 heterocycles. The minimum Gasteiger partial charge on any atom is -0.480 e. The smallest absolute Gasteiger partial charge is 0.319 e. The molecule has 0 aromatic rings. The maximum atomic E-state index is 12.2. The van der Waals surface area contributed by atoms with E-state index in [1.54, 1.807) is 0 Å². The van der Waals surface area contributed by atoms with Crippen molar-refractivity contribution >= 4 is 21.7 Å². The highest BCUT2D eigenvalue weighted by Crippen LogP contribution is 2.43. The minimum atomic E-state index is -3.07. The predicted molar refractivity (Wildman–Crippen MR) is 63.7 cm³/mol. The van der Waals surface area contributed by atoms with Gasteiger partial charge in [0.25, 0.3) is 0 Å². The van der Waals surface area contributed by atoms with Crippen molar-refractivity contribution in [2.45, 2.75) is 31.7 Å². The Morgan fingerprint density at radius 3 is 2.28 bits per heavy atom. The summed E-state index contributed by atoms with van der Waals surface area (Å²) in [5.74, 6) is -1.50. The average Bonchev–Trinajstić information content (AvgIpc) is 2.55. The van der Waals surface area contributed by atoms with Crippen LogP contribution in [-0.2, 0) is 19.4 Å². The molecule has 1 saturated heterocycles. The van der Waals surface area contributed by atoms with Gasteiger partial charge in [0.15, 0.2) is 9.84 Å². The second-order valence-electron chi connectivity index (χ2n) is 5.21. The largest absolute Gasteiger partial charge is 0.480 e. The number of rotatable bonds is 3. The molecule has 7 heteroatoms. The Bertz CT molecular complexity index is 480. The molecular weight excluding hydrogens is 258 g/mol. The van der Waals surface area contributed by atoms with Crippen molar-refractivity contribution in [2.24, 2.45) is 5.41 Å². The number of sulfone groups is 1. The number of carboxylic acids is 1. The summed E-state index contributed by atoms with van der Waals surface area (Å²) in [5, 5.41) is 9.18. The molecule has 1 saturated carbocycles. The Balaban J connectivity index is 2.12. The lowest BCUT2D eigenvalue weighted by Gasteiger charge is -2.40. The number of carbonyl (C=O) groups excluding carboxylic acids is 1. The highest BCUT2D eigenvalue weighted by atomic mass is 32.2. The van der Waals surface area contributed by atoms with Crippen LogP contribution in [0.2, 0.25) is 0 Å². The van der Waals surface area contributed by atoms with Crippen LogP contribution in [0, 0.1) is 5.41 Å². The third kappa shape index (κ3) is 2.00. The fourth-order valence-electron chi connectivity index (χ4n) is 2.63. The summed E-state index contributed by atoms with van der Waals surface area (Å²) in [4.78, 5) is 24.8. The molecule has 0 aromatic heterocycles. The van der Waals surface area contributed by atoms with Crippen molar-refractivity contribution in [2.75, 3.05) is 18.6 Å². The van der Waals surface area contributed by atoms with E-state index in [4.69, 9.17) is 0 Å². The minimum absolute atomic E-state index is 0.0507. The number of nitrogens with zero attached hydrogens (tertiary/aromatic N) is 1. The van der Waals surface area contributed by atoms with Crippen molar-refractivity contribution < 1.29 is 23.1 Å². The first kappa shape index (κ1) is 13.3. The zero-order valence-electron chi connectivity index (χ0n) is 10.3. The molecule has 1 unspecified atom stereocenters. The van der Waals surface area contributed by atoms with Crippen LogP contribution < -0.4 is 0 Å². The van der Waals surface area contributed by atoms with Crippen molar-refractivity contribution in [3.05, 3.63) is 0 Å². The molecule has 0 aromatic carbocycles. The van der Waals surface area contributed by atoms with Gasteiger partial charge in [-0.05, 0) is 19.3 Å². The van der Waals surface area contributed by atoms with Gasteiger partial charge in [-0.3, -0.25) is 9.59 Å². The van der Waals surface area contributed by atoms with Crippen LogP contribution in [0.25, 0.3) is 0 Å². The zero-order valence-corrected chi connectivity index (χ0v) is 11.1. The summed E-state index contributed by atoms with van der Waals surface area (Å²) < 4.78 is 22.8. The molecule has 1 aliphatic carbocycles. The van der Waals surface area contributed by atoms with Gasteiger partial charge in [0.2, 0.25) is 5.91 Å². The van der Waals surface area contributed by atoms with Crippen molar-refractivity contribution in [3.8, 4) is 0 Å². The molecule has 2 fully saturated rings. The summed E-state index contributed by atoms with van der Waals surface area (Å²) in [5.41, 5.74) is -1.30. The highest BCUT2D eigenvalue weighted by Gasteiger charge is 2.53. The first-order chi connectivity index (χ1) is 8.28. The standard InChI is InChI=1S/C11H17NO5S/c1-12(8-3-6-18(16,17)7-8)9(13)11(10(14)15)4-2-5-11/h8H,2-7H2,1H3,(H,14,15). The summed E-state index contributed by atoms with van der Waals surface area (Å²) in [6.45, 7) is 0. The van der Waals surface area contributed by atoms with Crippen LogP contribution >= 0.6 is 0 Å². The Morgan fingerprint density at radius 2 is 1.94 bits per heavy atom. The summed E-state index contributed by atoms with van der Waals surface area (Å²) in [6.07, 6.45) is 1.84. The van der Waals surface area contributed by atoms with Crippen LogP contribution in [-0.4, -0.2) is 54.9 Å². The molecule has 1 N–H and O–H groups in total. The van der Waals surface area contributed by atoms with Gasteiger partial charge >= 0.3 is 5.97 Å². The molecule has 1 atom stereocenters. The van der Waals surface area contributed by atoms with Crippen LogP contribution in [0.15, 0.2) is 0 Å². The normalized spacial score (nSPS) is 28.4. The topological polar surface area (TPSA) is 91.8 Å². The second-order valence-corrected chi connectivity index (χ2v) is 7.44. The third-order valence-electron chi connectivity index (χ3n) is 4.10. The van der Waals surface area contributed by atoms with Crippen LogP contribution in [0.1, 0.15) is 25.7 Å². The second kappa shape index (κ2) is 4.22. The first-order valence-electron chi connectivity index (χ1n) is 6.00. The van der Waals surface area contributed by atoms with E-state index < -0.39 is 27.1 Å². The maximum Gasteiger partial charge on any atom is 0.319 e. The summed E-state index contributed by atoms with van der Waals surface area (Å²) in [7, 11) is -1.56. The van der Waals surface area contributed by atoms with Crippen LogP contribution in [0.5, 0.6) is 0 Å². The van der Waals surface area contributed by atoms with Crippen LogP contribution in [0.3, 0.4) is 0 Å². The number of carbonyl (C=O) groups is 2. The highest BCUT2D eigenvalue weighted by molar-refractivity contribution is 7.91. The SMILES string of the molecule is CN(C(=O)C1(C(=O)O)CCC1)C1CCS(=O)(=O)C1. The monoisotopic (exact) mass is 275 g/mol. The average molecular weight is 275 g/mol. The predicted octanol–water partition coefficient (Wildman–Crippen LogP) is -0.113. The van der Waals surface area contributed by atoms with Gasteiger partial charge in [0.1, 0.15) is 5.41 Å². The van der Waals surface area contributed by atoms with Gasteiger partial charge < -0.3 is 10.0 Å². The molecule has 1 aliphatic heterocycles. The number of hydrogen-bond acceptors (Lipinski definition) is 4. The maximum absolute atomic E-state index is 12.2. The molecule has 0 spiro atoms. The fourth-order valence-corrected chi connectivity index (χ4v) is 4.41. The zero-order chi connectivity index (χ0) is 13.6. The molecule has 6 nitrogen and oxygen atoms in total. The Labute approximate surface area is 106 Å². The van der Waals surface area contributed by atoms with Gasteiger partial charge in [-0.25, -0.2) is 8.42 Å². The molecule has 1 amide bonds. The lowest BCUT2D eigenvalue weighted by atomic mass is 9.67. The van der Waals surface area contributed by atoms with E-state index in [1.807, 2.05) is 0 Å². The number of hydrogen-bond donors (Lipinski definition) is 1. The van der Waals surface area contributed by atoms with Gasteiger partial charge in [0.05, 0.1) is 11.5 Å². The fraction of sp³-hybridized carbons (Fsp3) is 0.818. The molecule has 0 radical (unpaired) electrons. The van der Waals surface area contributed by atoms with Gasteiger partial charge in [-0.1, -0.05) is 6.42 Å². The molecule has 102 valence electrons. The first-order valence-corrected chi connectivity index (χ1v) is 7.82. The lowest BCUT2D eigenvalue weighted by molar-refractivity contribution is -0.167. The Morgan fingerprint density at radius 1 is 1.33 bits per heavy atom. The summed E-state index contributed by atoms with van der Waals surface area (Å²) >= 11 is 0. The van der Waals surface area contributed by atoms with E-state index >= 15 is 0 Å². The molecule has 18 heavy (non-hydrogen) atoms.